The second-order valence-electron chi connectivity index (χ2n) is 3.89. The summed E-state index contributed by atoms with van der Waals surface area (Å²) < 4.78 is 14.8. The molecule has 1 N–H and O–H groups in total. The smallest absolute Gasteiger partial charge is 0.148 e. The molecular formula is C13H12BrClFN3. The number of benzene rings is 1. The van der Waals surface area contributed by atoms with Gasteiger partial charge in [-0.15, -0.1) is 0 Å². The second kappa shape index (κ2) is 6.41. The predicted molar refractivity (Wildman–Crippen MR) is 76.7 cm³/mol. The molecule has 0 aliphatic heterocycles. The fraction of sp³-hybridized carbons (Fsp3) is 0.231. The Morgan fingerprint density at radius 2 is 2.21 bits per heavy atom. The summed E-state index contributed by atoms with van der Waals surface area (Å²) in [5.74, 6) is -0.444. The minimum absolute atomic E-state index is 0.0782. The van der Waals surface area contributed by atoms with Crippen LogP contribution in [0, 0.1) is 5.82 Å². The highest BCUT2D eigenvalue weighted by atomic mass is 79.9. The molecule has 1 heterocycles. The monoisotopic (exact) mass is 343 g/mol. The Balaban J connectivity index is 2.49. The molecule has 3 nitrogen and oxygen atoms in total. The van der Waals surface area contributed by atoms with Crippen LogP contribution in [-0.4, -0.2) is 16.5 Å². The van der Waals surface area contributed by atoms with E-state index in [1.807, 2.05) is 6.92 Å². The number of aromatic nitrogens is 2. The van der Waals surface area contributed by atoms with Gasteiger partial charge in [-0.1, -0.05) is 24.6 Å². The van der Waals surface area contributed by atoms with Crippen molar-refractivity contribution in [2.24, 2.45) is 0 Å². The largest absolute Gasteiger partial charge is 0.305 e. The molecule has 0 saturated carbocycles. The summed E-state index contributed by atoms with van der Waals surface area (Å²) in [6.07, 6.45) is 3.07. The van der Waals surface area contributed by atoms with Gasteiger partial charge in [-0.2, -0.15) is 0 Å². The Morgan fingerprint density at radius 1 is 1.42 bits per heavy atom. The maximum absolute atomic E-state index is 14.3. The van der Waals surface area contributed by atoms with E-state index in [1.165, 1.54) is 6.33 Å². The molecule has 0 saturated heterocycles. The normalized spacial score (nSPS) is 12.4. The Bertz CT molecular complexity index is 565. The summed E-state index contributed by atoms with van der Waals surface area (Å²) in [6.45, 7) is 2.63. The number of rotatable bonds is 4. The standard InChI is InChI=1S/C13H12BrClFN3/c1-2-18-13(10-5-6-17-7-19-10)8-3-4-9(14)11(15)12(8)16/h3-7,13,18H,2H2,1H3. The lowest BCUT2D eigenvalue weighted by Gasteiger charge is -2.19. The zero-order chi connectivity index (χ0) is 13.8. The number of hydrogen-bond donors (Lipinski definition) is 1. The summed E-state index contributed by atoms with van der Waals surface area (Å²) in [7, 11) is 0. The maximum Gasteiger partial charge on any atom is 0.148 e. The van der Waals surface area contributed by atoms with Crippen LogP contribution in [-0.2, 0) is 0 Å². The van der Waals surface area contributed by atoms with Crippen LogP contribution in [0.15, 0.2) is 35.2 Å². The lowest BCUT2D eigenvalue weighted by molar-refractivity contribution is 0.551. The van der Waals surface area contributed by atoms with Crippen molar-refractivity contribution in [1.82, 2.24) is 15.3 Å². The van der Waals surface area contributed by atoms with Crippen LogP contribution in [0.4, 0.5) is 4.39 Å². The van der Waals surface area contributed by atoms with Crippen molar-refractivity contribution in [3.05, 3.63) is 57.3 Å². The van der Waals surface area contributed by atoms with Crippen molar-refractivity contribution < 1.29 is 4.39 Å². The molecule has 1 aromatic heterocycles. The zero-order valence-corrected chi connectivity index (χ0v) is 12.5. The van der Waals surface area contributed by atoms with E-state index in [2.05, 4.69) is 31.2 Å². The van der Waals surface area contributed by atoms with Gasteiger partial charge in [0.15, 0.2) is 0 Å². The van der Waals surface area contributed by atoms with Gasteiger partial charge in [0.1, 0.15) is 12.1 Å². The predicted octanol–water partition coefficient (Wildman–Crippen LogP) is 3.73. The minimum atomic E-state index is -0.444. The molecule has 1 aromatic carbocycles. The van der Waals surface area contributed by atoms with Crippen molar-refractivity contribution in [2.75, 3.05) is 6.54 Å². The lowest BCUT2D eigenvalue weighted by atomic mass is 10.0. The van der Waals surface area contributed by atoms with Gasteiger partial charge >= 0.3 is 0 Å². The molecule has 6 heteroatoms. The summed E-state index contributed by atoms with van der Waals surface area (Å²) in [6, 6.07) is 4.83. The molecule has 0 radical (unpaired) electrons. The first-order valence-electron chi connectivity index (χ1n) is 5.77. The van der Waals surface area contributed by atoms with Crippen LogP contribution < -0.4 is 5.32 Å². The third-order valence-corrected chi connectivity index (χ3v) is 3.94. The van der Waals surface area contributed by atoms with Gasteiger partial charge < -0.3 is 5.32 Å². The lowest BCUT2D eigenvalue weighted by Crippen LogP contribution is -2.24. The molecule has 1 atom stereocenters. The molecule has 0 aliphatic rings. The van der Waals surface area contributed by atoms with Gasteiger partial charge in [0.25, 0.3) is 0 Å². The van der Waals surface area contributed by atoms with E-state index in [0.717, 1.165) is 0 Å². The quantitative estimate of drug-likeness (QED) is 0.859. The third-order valence-electron chi connectivity index (χ3n) is 2.68. The van der Waals surface area contributed by atoms with Crippen LogP contribution in [0.2, 0.25) is 5.02 Å². The average Bonchev–Trinajstić information content (AvgIpc) is 2.44. The van der Waals surface area contributed by atoms with E-state index in [9.17, 15) is 4.39 Å². The van der Waals surface area contributed by atoms with Crippen LogP contribution in [0.3, 0.4) is 0 Å². The molecule has 19 heavy (non-hydrogen) atoms. The molecule has 2 aromatic rings. The number of halogens is 3. The summed E-state index contributed by atoms with van der Waals surface area (Å²) >= 11 is 9.14. The van der Waals surface area contributed by atoms with Gasteiger partial charge in [-0.05, 0) is 34.6 Å². The fourth-order valence-corrected chi connectivity index (χ4v) is 2.29. The highest BCUT2D eigenvalue weighted by Gasteiger charge is 2.20. The third kappa shape index (κ3) is 3.11. The van der Waals surface area contributed by atoms with Gasteiger partial charge in [0.05, 0.1) is 16.8 Å². The second-order valence-corrected chi connectivity index (χ2v) is 5.12. The highest BCUT2D eigenvalue weighted by Crippen LogP contribution is 2.32. The molecule has 100 valence electrons. The Hall–Kier alpha value is -1.04. The van der Waals surface area contributed by atoms with Crippen molar-refractivity contribution in [3.63, 3.8) is 0 Å². The fourth-order valence-electron chi connectivity index (χ4n) is 1.81. The van der Waals surface area contributed by atoms with Crippen molar-refractivity contribution >= 4 is 27.5 Å². The van der Waals surface area contributed by atoms with Crippen LogP contribution in [0.25, 0.3) is 0 Å². The summed E-state index contributed by atoms with van der Waals surface area (Å²) in [4.78, 5) is 8.04. The SMILES string of the molecule is CCNC(c1ccncn1)c1ccc(Br)c(Cl)c1F. The minimum Gasteiger partial charge on any atom is -0.305 e. The summed E-state index contributed by atoms with van der Waals surface area (Å²) in [5, 5.41) is 3.28. The molecule has 2 rings (SSSR count). The number of nitrogens with zero attached hydrogens (tertiary/aromatic N) is 2. The van der Waals surface area contributed by atoms with E-state index in [1.54, 1.807) is 24.4 Å². The van der Waals surface area contributed by atoms with Crippen molar-refractivity contribution in [3.8, 4) is 0 Å². The first-order chi connectivity index (χ1) is 9.15. The van der Waals surface area contributed by atoms with E-state index < -0.39 is 5.82 Å². The average molecular weight is 345 g/mol. The highest BCUT2D eigenvalue weighted by molar-refractivity contribution is 9.10. The van der Waals surface area contributed by atoms with Gasteiger partial charge in [-0.3, -0.25) is 0 Å². The maximum atomic E-state index is 14.3. The van der Waals surface area contributed by atoms with E-state index >= 15 is 0 Å². The molecule has 0 bridgehead atoms. The first kappa shape index (κ1) is 14.4. The van der Waals surface area contributed by atoms with Crippen molar-refractivity contribution in [2.45, 2.75) is 13.0 Å². The number of nitrogens with one attached hydrogen (secondary N) is 1. The zero-order valence-electron chi connectivity index (χ0n) is 10.2. The van der Waals surface area contributed by atoms with Gasteiger partial charge in [0, 0.05) is 16.2 Å². The van der Waals surface area contributed by atoms with Crippen LogP contribution in [0.5, 0.6) is 0 Å². The Labute approximate surface area is 124 Å². The molecular weight excluding hydrogens is 333 g/mol. The topological polar surface area (TPSA) is 37.8 Å². The van der Waals surface area contributed by atoms with Crippen LogP contribution in [0.1, 0.15) is 24.2 Å². The molecule has 0 amide bonds. The van der Waals surface area contributed by atoms with Gasteiger partial charge in [0.2, 0.25) is 0 Å². The summed E-state index contributed by atoms with van der Waals surface area (Å²) in [5.41, 5.74) is 1.17. The molecule has 0 aliphatic carbocycles. The van der Waals surface area contributed by atoms with E-state index in [-0.39, 0.29) is 11.1 Å². The van der Waals surface area contributed by atoms with Crippen molar-refractivity contribution in [1.29, 1.82) is 0 Å². The molecule has 1 unspecified atom stereocenters. The molecule has 0 spiro atoms. The van der Waals surface area contributed by atoms with Crippen LogP contribution >= 0.6 is 27.5 Å². The Morgan fingerprint density at radius 3 is 2.84 bits per heavy atom. The molecule has 0 fully saturated rings. The van der Waals surface area contributed by atoms with E-state index in [0.29, 0.717) is 22.3 Å². The van der Waals surface area contributed by atoms with Gasteiger partial charge in [-0.25, -0.2) is 14.4 Å². The first-order valence-corrected chi connectivity index (χ1v) is 6.95. The Kier molecular flexibility index (Phi) is 4.85. The number of hydrogen-bond acceptors (Lipinski definition) is 3. The van der Waals surface area contributed by atoms with E-state index in [4.69, 9.17) is 11.6 Å².